The van der Waals surface area contributed by atoms with Crippen molar-refractivity contribution in [1.82, 2.24) is 9.80 Å². The highest BCUT2D eigenvalue weighted by molar-refractivity contribution is 5.79. The van der Waals surface area contributed by atoms with Gasteiger partial charge in [0.15, 0.2) is 0 Å². The third-order valence-electron chi connectivity index (χ3n) is 5.34. The standard InChI is InChI=1S/C25H32N2O4/c1-2-30-23-13-11-21(12-14-23)20-25(29)27-16-7-15-26(17-18-27)24(28)10-6-19-31-22-8-4-3-5-9-22/h3-5,8-9,11-14H,2,6-7,10,15-20H2,1H3. The van der Waals surface area contributed by atoms with Crippen LogP contribution in [0, 0.1) is 0 Å². The Labute approximate surface area is 184 Å². The van der Waals surface area contributed by atoms with Gasteiger partial charge in [0.05, 0.1) is 19.6 Å². The van der Waals surface area contributed by atoms with Crippen molar-refractivity contribution >= 4 is 11.8 Å². The lowest BCUT2D eigenvalue weighted by Crippen LogP contribution is -2.38. The molecule has 0 aromatic heterocycles. The second-order valence-electron chi connectivity index (χ2n) is 7.63. The normalized spacial score (nSPS) is 14.1. The van der Waals surface area contributed by atoms with Crippen molar-refractivity contribution in [3.05, 3.63) is 60.2 Å². The SMILES string of the molecule is CCOc1ccc(CC(=O)N2CCCN(C(=O)CCCOc3ccccc3)CC2)cc1. The number of hydrogen-bond donors (Lipinski definition) is 0. The molecule has 1 saturated heterocycles. The Bertz CT molecular complexity index is 823. The van der Waals surface area contributed by atoms with Crippen molar-refractivity contribution in [2.24, 2.45) is 0 Å². The van der Waals surface area contributed by atoms with Crippen molar-refractivity contribution in [3.8, 4) is 11.5 Å². The molecule has 2 aromatic carbocycles. The largest absolute Gasteiger partial charge is 0.494 e. The number of hydrogen-bond acceptors (Lipinski definition) is 4. The molecule has 0 unspecified atom stereocenters. The van der Waals surface area contributed by atoms with Gasteiger partial charge in [0.2, 0.25) is 11.8 Å². The first-order valence-corrected chi connectivity index (χ1v) is 11.1. The molecule has 166 valence electrons. The van der Waals surface area contributed by atoms with E-state index in [2.05, 4.69) is 0 Å². The summed E-state index contributed by atoms with van der Waals surface area (Å²) in [6.45, 7) is 5.67. The van der Waals surface area contributed by atoms with Gasteiger partial charge in [-0.1, -0.05) is 30.3 Å². The molecule has 3 rings (SSSR count). The van der Waals surface area contributed by atoms with Crippen molar-refractivity contribution in [3.63, 3.8) is 0 Å². The van der Waals surface area contributed by atoms with Gasteiger partial charge < -0.3 is 19.3 Å². The number of carbonyl (C=O) groups excluding carboxylic acids is 2. The predicted octanol–water partition coefficient (Wildman–Crippen LogP) is 3.55. The minimum atomic E-state index is 0.106. The molecular weight excluding hydrogens is 392 g/mol. The van der Waals surface area contributed by atoms with Crippen LogP contribution in [-0.4, -0.2) is 61.0 Å². The summed E-state index contributed by atoms with van der Waals surface area (Å²) in [6, 6.07) is 17.3. The molecule has 0 spiro atoms. The van der Waals surface area contributed by atoms with E-state index in [-0.39, 0.29) is 11.8 Å². The molecule has 2 amide bonds. The average molecular weight is 425 g/mol. The minimum absolute atomic E-state index is 0.106. The molecule has 6 nitrogen and oxygen atoms in total. The van der Waals surface area contributed by atoms with Crippen LogP contribution in [0.15, 0.2) is 54.6 Å². The van der Waals surface area contributed by atoms with Crippen LogP contribution >= 0.6 is 0 Å². The molecule has 0 radical (unpaired) electrons. The van der Waals surface area contributed by atoms with Crippen LogP contribution in [0.3, 0.4) is 0 Å². The second kappa shape index (κ2) is 12.0. The van der Waals surface area contributed by atoms with Gasteiger partial charge >= 0.3 is 0 Å². The van der Waals surface area contributed by atoms with Gasteiger partial charge in [-0.25, -0.2) is 0 Å². The van der Waals surface area contributed by atoms with E-state index >= 15 is 0 Å². The molecule has 0 N–H and O–H groups in total. The summed E-state index contributed by atoms with van der Waals surface area (Å²) in [5.41, 5.74) is 0.976. The summed E-state index contributed by atoms with van der Waals surface area (Å²) in [7, 11) is 0. The fourth-order valence-corrected chi connectivity index (χ4v) is 3.66. The molecule has 1 aliphatic rings. The quantitative estimate of drug-likeness (QED) is 0.578. The Morgan fingerprint density at radius 1 is 0.806 bits per heavy atom. The fraction of sp³-hybridized carbons (Fsp3) is 0.440. The zero-order valence-electron chi connectivity index (χ0n) is 18.3. The van der Waals surface area contributed by atoms with E-state index in [1.165, 1.54) is 0 Å². The average Bonchev–Trinajstić information content (AvgIpc) is 3.05. The Balaban J connectivity index is 1.39. The molecule has 31 heavy (non-hydrogen) atoms. The Hall–Kier alpha value is -3.02. The first-order valence-electron chi connectivity index (χ1n) is 11.1. The Morgan fingerprint density at radius 2 is 1.45 bits per heavy atom. The van der Waals surface area contributed by atoms with E-state index in [9.17, 15) is 9.59 Å². The molecule has 6 heteroatoms. The van der Waals surface area contributed by atoms with Gasteiger partial charge in [-0.05, 0) is 49.6 Å². The minimum Gasteiger partial charge on any atom is -0.494 e. The molecule has 1 aliphatic heterocycles. The van der Waals surface area contributed by atoms with Crippen molar-refractivity contribution in [2.75, 3.05) is 39.4 Å². The molecule has 0 aliphatic carbocycles. The number of para-hydroxylation sites is 1. The van der Waals surface area contributed by atoms with E-state index in [1.54, 1.807) is 0 Å². The lowest BCUT2D eigenvalue weighted by Gasteiger charge is -2.22. The first kappa shape index (κ1) is 22.7. The maximum Gasteiger partial charge on any atom is 0.227 e. The van der Waals surface area contributed by atoms with Crippen molar-refractivity contribution in [1.29, 1.82) is 0 Å². The van der Waals surface area contributed by atoms with E-state index < -0.39 is 0 Å². The molecule has 1 fully saturated rings. The maximum absolute atomic E-state index is 12.7. The molecule has 2 aromatic rings. The highest BCUT2D eigenvalue weighted by Crippen LogP contribution is 2.14. The lowest BCUT2D eigenvalue weighted by molar-refractivity contribution is -0.133. The van der Waals surface area contributed by atoms with Crippen LogP contribution in [-0.2, 0) is 16.0 Å². The summed E-state index contributed by atoms with van der Waals surface area (Å²) >= 11 is 0. The zero-order chi connectivity index (χ0) is 21.9. The summed E-state index contributed by atoms with van der Waals surface area (Å²) in [5, 5.41) is 0. The monoisotopic (exact) mass is 424 g/mol. The van der Waals surface area contributed by atoms with Gasteiger partial charge in [-0.3, -0.25) is 9.59 Å². The van der Waals surface area contributed by atoms with E-state index in [1.807, 2.05) is 71.3 Å². The summed E-state index contributed by atoms with van der Waals surface area (Å²) in [6.07, 6.45) is 2.33. The van der Waals surface area contributed by atoms with Crippen molar-refractivity contribution in [2.45, 2.75) is 32.6 Å². The first-order chi connectivity index (χ1) is 15.2. The van der Waals surface area contributed by atoms with Gasteiger partial charge in [0.25, 0.3) is 0 Å². The molecular formula is C25H32N2O4. The van der Waals surface area contributed by atoms with Gasteiger partial charge in [-0.2, -0.15) is 0 Å². The topological polar surface area (TPSA) is 59.1 Å². The highest BCUT2D eigenvalue weighted by Gasteiger charge is 2.22. The molecule has 0 atom stereocenters. The second-order valence-corrected chi connectivity index (χ2v) is 7.63. The third kappa shape index (κ3) is 7.31. The fourth-order valence-electron chi connectivity index (χ4n) is 3.66. The number of carbonyl (C=O) groups is 2. The number of benzene rings is 2. The smallest absolute Gasteiger partial charge is 0.227 e. The number of rotatable bonds is 9. The number of ether oxygens (including phenoxy) is 2. The molecule has 0 bridgehead atoms. The van der Waals surface area contributed by atoms with Crippen LogP contribution in [0.4, 0.5) is 0 Å². The number of nitrogens with zero attached hydrogens (tertiary/aromatic N) is 2. The van der Waals surface area contributed by atoms with Gasteiger partial charge in [0, 0.05) is 32.6 Å². The maximum atomic E-state index is 12.7. The Kier molecular flexibility index (Phi) is 8.76. The van der Waals surface area contributed by atoms with Crippen LogP contribution in [0.2, 0.25) is 0 Å². The van der Waals surface area contributed by atoms with Gasteiger partial charge in [0.1, 0.15) is 11.5 Å². The van der Waals surface area contributed by atoms with E-state index in [4.69, 9.17) is 9.47 Å². The predicted molar refractivity (Wildman–Crippen MR) is 120 cm³/mol. The zero-order valence-corrected chi connectivity index (χ0v) is 18.3. The van der Waals surface area contributed by atoms with E-state index in [0.717, 1.165) is 23.5 Å². The van der Waals surface area contributed by atoms with Crippen LogP contribution < -0.4 is 9.47 Å². The highest BCUT2D eigenvalue weighted by atomic mass is 16.5. The Morgan fingerprint density at radius 3 is 2.13 bits per heavy atom. The summed E-state index contributed by atoms with van der Waals surface area (Å²) in [5.74, 6) is 1.88. The van der Waals surface area contributed by atoms with Crippen LogP contribution in [0.5, 0.6) is 11.5 Å². The van der Waals surface area contributed by atoms with Crippen molar-refractivity contribution < 1.29 is 19.1 Å². The van der Waals surface area contributed by atoms with Crippen LogP contribution in [0.1, 0.15) is 31.7 Å². The lowest BCUT2D eigenvalue weighted by atomic mass is 10.1. The number of amides is 2. The molecule has 1 heterocycles. The van der Waals surface area contributed by atoms with Crippen LogP contribution in [0.25, 0.3) is 0 Å². The molecule has 0 saturated carbocycles. The van der Waals surface area contributed by atoms with Gasteiger partial charge in [-0.15, -0.1) is 0 Å². The third-order valence-corrected chi connectivity index (χ3v) is 5.34. The van der Waals surface area contributed by atoms with E-state index in [0.29, 0.717) is 58.7 Å². The summed E-state index contributed by atoms with van der Waals surface area (Å²) in [4.78, 5) is 29.1. The summed E-state index contributed by atoms with van der Waals surface area (Å²) < 4.78 is 11.1.